The van der Waals surface area contributed by atoms with Gasteiger partial charge in [0.25, 0.3) is 0 Å². The number of rotatable bonds is 9. The normalized spacial score (nSPS) is 10.2. The monoisotopic (exact) mass is 282 g/mol. The summed E-state index contributed by atoms with van der Waals surface area (Å²) in [6.07, 6.45) is 4.41. The molecule has 0 atom stereocenters. The summed E-state index contributed by atoms with van der Waals surface area (Å²) in [7, 11) is 0. The van der Waals surface area contributed by atoms with E-state index >= 15 is 0 Å². The molecule has 1 aromatic rings. The third kappa shape index (κ3) is 8.37. The van der Waals surface area contributed by atoms with Crippen LogP contribution in [-0.4, -0.2) is 24.9 Å². The van der Waals surface area contributed by atoms with Gasteiger partial charge in [0.1, 0.15) is 0 Å². The first kappa shape index (κ1) is 15.7. The standard InChI is InChI=1S/C14H22N2O2S/c1-12(17)15-9-5-10-16-14(18)8-3-2-6-13-7-4-11-19-13/h4,7,11H,2-3,5-6,8-10H2,1H3,(H,15,17)(H,16,18). The Morgan fingerprint density at radius 1 is 1.16 bits per heavy atom. The van der Waals surface area contributed by atoms with Gasteiger partial charge in [0.2, 0.25) is 11.8 Å². The fourth-order valence-electron chi connectivity index (χ4n) is 1.71. The van der Waals surface area contributed by atoms with Gasteiger partial charge in [0, 0.05) is 31.3 Å². The number of nitrogens with one attached hydrogen (secondary N) is 2. The molecule has 5 heteroatoms. The first-order valence-electron chi connectivity index (χ1n) is 6.72. The van der Waals surface area contributed by atoms with Gasteiger partial charge in [0.05, 0.1) is 0 Å². The van der Waals surface area contributed by atoms with Crippen molar-refractivity contribution in [3.8, 4) is 0 Å². The quantitative estimate of drug-likeness (QED) is 0.682. The minimum absolute atomic E-state index is 0.0279. The summed E-state index contributed by atoms with van der Waals surface area (Å²) in [5.74, 6) is 0.0777. The number of thiophene rings is 1. The highest BCUT2D eigenvalue weighted by molar-refractivity contribution is 7.09. The number of carbonyl (C=O) groups excluding carboxylic acids is 2. The van der Waals surface area contributed by atoms with Crippen LogP contribution < -0.4 is 10.6 Å². The number of amides is 2. The van der Waals surface area contributed by atoms with E-state index in [-0.39, 0.29) is 11.8 Å². The molecule has 0 bridgehead atoms. The molecule has 0 aliphatic rings. The summed E-state index contributed by atoms with van der Waals surface area (Å²) < 4.78 is 0. The predicted octanol–water partition coefficient (Wildman–Crippen LogP) is 2.10. The van der Waals surface area contributed by atoms with Crippen molar-refractivity contribution in [2.24, 2.45) is 0 Å². The lowest BCUT2D eigenvalue weighted by Gasteiger charge is -2.05. The lowest BCUT2D eigenvalue weighted by atomic mass is 10.1. The van der Waals surface area contributed by atoms with Crippen molar-refractivity contribution in [2.45, 2.75) is 39.0 Å². The van der Waals surface area contributed by atoms with Gasteiger partial charge in [-0.15, -0.1) is 11.3 Å². The van der Waals surface area contributed by atoms with E-state index in [1.165, 1.54) is 11.8 Å². The number of hydrogen-bond donors (Lipinski definition) is 2. The largest absolute Gasteiger partial charge is 0.356 e. The van der Waals surface area contributed by atoms with Gasteiger partial charge >= 0.3 is 0 Å². The van der Waals surface area contributed by atoms with Crippen molar-refractivity contribution < 1.29 is 9.59 Å². The van der Waals surface area contributed by atoms with Crippen LogP contribution in [0.15, 0.2) is 17.5 Å². The molecule has 0 radical (unpaired) electrons. The molecule has 1 heterocycles. The number of aryl methyl sites for hydroxylation is 1. The molecule has 0 aliphatic heterocycles. The zero-order valence-electron chi connectivity index (χ0n) is 11.4. The average molecular weight is 282 g/mol. The second kappa shape index (κ2) is 9.55. The summed E-state index contributed by atoms with van der Waals surface area (Å²) in [4.78, 5) is 23.5. The van der Waals surface area contributed by atoms with Crippen LogP contribution in [0.2, 0.25) is 0 Å². The Balaban J connectivity index is 1.92. The summed E-state index contributed by atoms with van der Waals surface area (Å²) in [5, 5.41) is 7.64. The summed E-state index contributed by atoms with van der Waals surface area (Å²) in [6, 6.07) is 4.19. The van der Waals surface area contributed by atoms with Gasteiger partial charge in [-0.05, 0) is 37.1 Å². The maximum atomic E-state index is 11.5. The van der Waals surface area contributed by atoms with Crippen molar-refractivity contribution in [3.05, 3.63) is 22.4 Å². The van der Waals surface area contributed by atoms with Crippen LogP contribution in [0.25, 0.3) is 0 Å². The van der Waals surface area contributed by atoms with E-state index in [4.69, 9.17) is 0 Å². The van der Waals surface area contributed by atoms with Crippen LogP contribution in [0, 0.1) is 0 Å². The molecule has 1 rings (SSSR count). The predicted molar refractivity (Wildman–Crippen MR) is 78.2 cm³/mol. The van der Waals surface area contributed by atoms with Crippen molar-refractivity contribution >= 4 is 23.2 Å². The van der Waals surface area contributed by atoms with E-state index < -0.39 is 0 Å². The Labute approximate surface area is 118 Å². The molecule has 19 heavy (non-hydrogen) atoms. The molecular weight excluding hydrogens is 260 g/mol. The smallest absolute Gasteiger partial charge is 0.219 e. The van der Waals surface area contributed by atoms with E-state index in [9.17, 15) is 9.59 Å². The highest BCUT2D eigenvalue weighted by Crippen LogP contribution is 2.12. The third-order valence-electron chi connectivity index (χ3n) is 2.71. The Hall–Kier alpha value is -1.36. The SMILES string of the molecule is CC(=O)NCCCNC(=O)CCCCc1cccs1. The van der Waals surface area contributed by atoms with E-state index in [0.29, 0.717) is 19.5 Å². The second-order valence-corrected chi connectivity index (χ2v) is 5.51. The molecule has 0 spiro atoms. The minimum atomic E-state index is -0.0279. The molecule has 0 saturated heterocycles. The molecule has 106 valence electrons. The topological polar surface area (TPSA) is 58.2 Å². The van der Waals surface area contributed by atoms with Gasteiger partial charge in [-0.25, -0.2) is 0 Å². The van der Waals surface area contributed by atoms with Crippen molar-refractivity contribution in [2.75, 3.05) is 13.1 Å². The highest BCUT2D eigenvalue weighted by atomic mass is 32.1. The van der Waals surface area contributed by atoms with E-state index in [1.54, 1.807) is 11.3 Å². The van der Waals surface area contributed by atoms with Gasteiger partial charge in [-0.3, -0.25) is 9.59 Å². The average Bonchev–Trinajstić information content (AvgIpc) is 2.87. The molecule has 1 aromatic heterocycles. The zero-order valence-corrected chi connectivity index (χ0v) is 12.2. The highest BCUT2D eigenvalue weighted by Gasteiger charge is 2.01. The lowest BCUT2D eigenvalue weighted by molar-refractivity contribution is -0.121. The van der Waals surface area contributed by atoms with E-state index in [1.807, 2.05) is 0 Å². The molecule has 0 unspecified atom stereocenters. The summed E-state index contributed by atoms with van der Waals surface area (Å²) in [5.41, 5.74) is 0. The van der Waals surface area contributed by atoms with Crippen LogP contribution in [-0.2, 0) is 16.0 Å². The molecular formula is C14H22N2O2S. The summed E-state index contributed by atoms with van der Waals surface area (Å²) in [6.45, 7) is 2.74. The Kier molecular flexibility index (Phi) is 7.89. The molecule has 0 saturated carbocycles. The fourth-order valence-corrected chi connectivity index (χ4v) is 2.46. The van der Waals surface area contributed by atoms with Crippen molar-refractivity contribution in [1.29, 1.82) is 0 Å². The maximum absolute atomic E-state index is 11.5. The molecule has 0 fully saturated rings. The summed E-state index contributed by atoms with van der Waals surface area (Å²) >= 11 is 1.77. The van der Waals surface area contributed by atoms with Crippen molar-refractivity contribution in [1.82, 2.24) is 10.6 Å². The number of hydrogen-bond acceptors (Lipinski definition) is 3. The minimum Gasteiger partial charge on any atom is -0.356 e. The molecule has 2 amide bonds. The lowest BCUT2D eigenvalue weighted by Crippen LogP contribution is -2.28. The second-order valence-electron chi connectivity index (χ2n) is 4.47. The molecule has 2 N–H and O–H groups in total. The zero-order chi connectivity index (χ0) is 13.9. The van der Waals surface area contributed by atoms with Crippen LogP contribution in [0.1, 0.15) is 37.5 Å². The van der Waals surface area contributed by atoms with E-state index in [0.717, 1.165) is 25.7 Å². The van der Waals surface area contributed by atoms with Gasteiger partial charge in [-0.2, -0.15) is 0 Å². The Morgan fingerprint density at radius 3 is 2.63 bits per heavy atom. The van der Waals surface area contributed by atoms with Crippen LogP contribution in [0.3, 0.4) is 0 Å². The van der Waals surface area contributed by atoms with Crippen LogP contribution >= 0.6 is 11.3 Å². The van der Waals surface area contributed by atoms with Crippen LogP contribution in [0.5, 0.6) is 0 Å². The first-order chi connectivity index (χ1) is 9.18. The van der Waals surface area contributed by atoms with Gasteiger partial charge in [0.15, 0.2) is 0 Å². The number of carbonyl (C=O) groups is 2. The van der Waals surface area contributed by atoms with Crippen LogP contribution in [0.4, 0.5) is 0 Å². The first-order valence-corrected chi connectivity index (χ1v) is 7.60. The van der Waals surface area contributed by atoms with E-state index in [2.05, 4.69) is 28.1 Å². The maximum Gasteiger partial charge on any atom is 0.219 e. The Bertz CT molecular complexity index is 377. The third-order valence-corrected chi connectivity index (χ3v) is 3.64. The fraction of sp³-hybridized carbons (Fsp3) is 0.571. The van der Waals surface area contributed by atoms with Gasteiger partial charge < -0.3 is 10.6 Å². The van der Waals surface area contributed by atoms with Gasteiger partial charge in [-0.1, -0.05) is 6.07 Å². The van der Waals surface area contributed by atoms with Crippen molar-refractivity contribution in [3.63, 3.8) is 0 Å². The number of unbranched alkanes of at least 4 members (excludes halogenated alkanes) is 1. The molecule has 0 aromatic carbocycles. The Morgan fingerprint density at radius 2 is 1.95 bits per heavy atom. The molecule has 0 aliphatic carbocycles. The molecule has 4 nitrogen and oxygen atoms in total.